The monoisotopic (exact) mass is 290 g/mol. The molecule has 0 aromatic rings. The molecule has 0 aromatic heterocycles. The third kappa shape index (κ3) is 3.14. The zero-order valence-electron chi connectivity index (χ0n) is 13.0. The predicted molar refractivity (Wildman–Crippen MR) is 81.6 cm³/mol. The Morgan fingerprint density at radius 3 is 2.76 bits per heavy atom. The van der Waals surface area contributed by atoms with Gasteiger partial charge < -0.3 is 10.2 Å². The van der Waals surface area contributed by atoms with Crippen LogP contribution in [0.5, 0.6) is 0 Å². The molecule has 2 fully saturated rings. The van der Waals surface area contributed by atoms with Crippen molar-refractivity contribution in [1.29, 1.82) is 0 Å². The van der Waals surface area contributed by atoms with E-state index in [1.54, 1.807) is 0 Å². The van der Waals surface area contributed by atoms with Crippen molar-refractivity contribution in [2.24, 2.45) is 5.92 Å². The highest BCUT2D eigenvalue weighted by molar-refractivity contribution is 5.93. The lowest BCUT2D eigenvalue weighted by atomic mass is 9.93. The largest absolute Gasteiger partial charge is 0.342 e. The Morgan fingerprint density at radius 2 is 2.10 bits per heavy atom. The Bertz CT molecular complexity index is 467. The molecule has 21 heavy (non-hydrogen) atoms. The molecule has 0 bridgehead atoms. The number of allylic oxidation sites excluding steroid dienone is 1. The van der Waals surface area contributed by atoms with Crippen LogP contribution in [0.4, 0.5) is 0 Å². The molecule has 2 amide bonds. The zero-order chi connectivity index (χ0) is 14.9. The van der Waals surface area contributed by atoms with Gasteiger partial charge in [-0.25, -0.2) is 0 Å². The molecule has 4 heteroatoms. The molecule has 1 N–H and O–H groups in total. The molecule has 1 aliphatic heterocycles. The molecule has 1 saturated carbocycles. The Hall–Kier alpha value is -1.32. The minimum absolute atomic E-state index is 0.0251. The maximum absolute atomic E-state index is 12.9. The van der Waals surface area contributed by atoms with Crippen molar-refractivity contribution in [3.05, 3.63) is 11.6 Å². The molecule has 3 rings (SSSR count). The van der Waals surface area contributed by atoms with E-state index in [4.69, 9.17) is 0 Å². The molecule has 0 radical (unpaired) electrons. The van der Waals surface area contributed by atoms with Crippen molar-refractivity contribution in [2.45, 2.75) is 63.8 Å². The summed E-state index contributed by atoms with van der Waals surface area (Å²) in [5.74, 6) is 0.493. The normalized spacial score (nSPS) is 30.7. The number of carbonyl (C=O) groups is 2. The first kappa shape index (κ1) is 14.6. The minimum atomic E-state index is -0.658. The van der Waals surface area contributed by atoms with Gasteiger partial charge in [-0.3, -0.25) is 9.59 Å². The van der Waals surface area contributed by atoms with Crippen molar-refractivity contribution in [2.75, 3.05) is 13.1 Å². The lowest BCUT2D eigenvalue weighted by Crippen LogP contribution is -2.56. The second kappa shape index (κ2) is 5.82. The molecule has 0 aromatic carbocycles. The highest BCUT2D eigenvalue weighted by Crippen LogP contribution is 2.41. The SMILES string of the molecule is CC1(C2CC2)NC(=O)CCN(CCC2=CCCCC2)C1=O. The molecule has 1 saturated heterocycles. The van der Waals surface area contributed by atoms with Gasteiger partial charge in [0.2, 0.25) is 11.8 Å². The Kier molecular flexibility index (Phi) is 4.05. The molecule has 4 nitrogen and oxygen atoms in total. The summed E-state index contributed by atoms with van der Waals surface area (Å²) in [6, 6.07) is 0. The Labute approximate surface area is 127 Å². The summed E-state index contributed by atoms with van der Waals surface area (Å²) in [5, 5.41) is 2.99. The van der Waals surface area contributed by atoms with Gasteiger partial charge in [0.25, 0.3) is 0 Å². The van der Waals surface area contributed by atoms with Crippen LogP contribution in [0.25, 0.3) is 0 Å². The number of hydrogen-bond donors (Lipinski definition) is 1. The number of hydrogen-bond acceptors (Lipinski definition) is 2. The molecule has 1 unspecified atom stereocenters. The van der Waals surface area contributed by atoms with Crippen LogP contribution in [0.2, 0.25) is 0 Å². The van der Waals surface area contributed by atoms with Crippen molar-refractivity contribution in [3.63, 3.8) is 0 Å². The topological polar surface area (TPSA) is 49.4 Å². The highest BCUT2D eigenvalue weighted by atomic mass is 16.2. The molecule has 1 heterocycles. The highest BCUT2D eigenvalue weighted by Gasteiger charge is 2.50. The van der Waals surface area contributed by atoms with E-state index in [9.17, 15) is 9.59 Å². The molecular weight excluding hydrogens is 264 g/mol. The van der Waals surface area contributed by atoms with Gasteiger partial charge in [-0.05, 0) is 57.8 Å². The number of rotatable bonds is 4. The van der Waals surface area contributed by atoms with E-state index >= 15 is 0 Å². The van der Waals surface area contributed by atoms with Gasteiger partial charge >= 0.3 is 0 Å². The first-order valence-corrected chi connectivity index (χ1v) is 8.38. The third-order valence-corrected chi connectivity index (χ3v) is 5.22. The minimum Gasteiger partial charge on any atom is -0.342 e. The summed E-state index contributed by atoms with van der Waals surface area (Å²) in [6.45, 7) is 3.26. The summed E-state index contributed by atoms with van der Waals surface area (Å²) in [4.78, 5) is 26.7. The summed E-state index contributed by atoms with van der Waals surface area (Å²) >= 11 is 0. The fourth-order valence-corrected chi connectivity index (χ4v) is 3.63. The standard InChI is InChI=1S/C17H26N2O2/c1-17(14-7-8-14)16(21)19(12-10-15(20)18-17)11-9-13-5-3-2-4-6-13/h5,14H,2-4,6-12H2,1H3,(H,18,20). The van der Waals surface area contributed by atoms with Gasteiger partial charge in [0.15, 0.2) is 0 Å². The first-order chi connectivity index (χ1) is 10.1. The summed E-state index contributed by atoms with van der Waals surface area (Å²) in [6.07, 6.45) is 10.8. The fourth-order valence-electron chi connectivity index (χ4n) is 3.63. The second-order valence-corrected chi connectivity index (χ2v) is 6.93. The molecule has 3 aliphatic rings. The predicted octanol–water partition coefficient (Wildman–Crippen LogP) is 2.39. The number of carbonyl (C=O) groups excluding carboxylic acids is 2. The van der Waals surface area contributed by atoms with Crippen LogP contribution < -0.4 is 5.32 Å². The smallest absolute Gasteiger partial charge is 0.248 e. The molecular formula is C17H26N2O2. The first-order valence-electron chi connectivity index (χ1n) is 8.38. The van der Waals surface area contributed by atoms with Gasteiger partial charge in [-0.15, -0.1) is 0 Å². The maximum atomic E-state index is 12.9. The van der Waals surface area contributed by atoms with Crippen molar-refractivity contribution < 1.29 is 9.59 Å². The van der Waals surface area contributed by atoms with Crippen LogP contribution in [-0.2, 0) is 9.59 Å². The van der Waals surface area contributed by atoms with E-state index < -0.39 is 5.54 Å². The van der Waals surface area contributed by atoms with Crippen molar-refractivity contribution >= 4 is 11.8 Å². The van der Waals surface area contributed by atoms with Crippen LogP contribution in [0.15, 0.2) is 11.6 Å². The Balaban J connectivity index is 1.67. The van der Waals surface area contributed by atoms with Crippen molar-refractivity contribution in [3.8, 4) is 0 Å². The van der Waals surface area contributed by atoms with Gasteiger partial charge in [0, 0.05) is 19.5 Å². The van der Waals surface area contributed by atoms with Crippen LogP contribution in [-0.4, -0.2) is 35.3 Å². The Morgan fingerprint density at radius 1 is 1.29 bits per heavy atom. The lowest BCUT2D eigenvalue weighted by molar-refractivity contribution is -0.139. The van der Waals surface area contributed by atoms with E-state index in [1.165, 1.54) is 31.3 Å². The van der Waals surface area contributed by atoms with Crippen molar-refractivity contribution in [1.82, 2.24) is 10.2 Å². The van der Waals surface area contributed by atoms with E-state index in [-0.39, 0.29) is 11.8 Å². The summed E-state index contributed by atoms with van der Waals surface area (Å²) in [7, 11) is 0. The summed E-state index contributed by atoms with van der Waals surface area (Å²) in [5.41, 5.74) is 0.833. The van der Waals surface area contributed by atoms with E-state index in [0.29, 0.717) is 18.9 Å². The molecule has 0 spiro atoms. The average molecular weight is 290 g/mol. The summed E-state index contributed by atoms with van der Waals surface area (Å²) < 4.78 is 0. The van der Waals surface area contributed by atoms with Gasteiger partial charge in [0.05, 0.1) is 0 Å². The average Bonchev–Trinajstić information content (AvgIpc) is 3.32. The number of amides is 2. The van der Waals surface area contributed by atoms with E-state index in [1.807, 2.05) is 11.8 Å². The number of nitrogens with zero attached hydrogens (tertiary/aromatic N) is 1. The van der Waals surface area contributed by atoms with Crippen LogP contribution >= 0.6 is 0 Å². The molecule has 2 aliphatic carbocycles. The molecule has 1 atom stereocenters. The lowest BCUT2D eigenvalue weighted by Gasteiger charge is -2.32. The third-order valence-electron chi connectivity index (χ3n) is 5.22. The number of nitrogens with one attached hydrogen (secondary N) is 1. The van der Waals surface area contributed by atoms with E-state index in [0.717, 1.165) is 25.8 Å². The van der Waals surface area contributed by atoms with Gasteiger partial charge in [0.1, 0.15) is 5.54 Å². The maximum Gasteiger partial charge on any atom is 0.248 e. The van der Waals surface area contributed by atoms with Gasteiger partial charge in [-0.1, -0.05) is 11.6 Å². The molecule has 116 valence electrons. The quantitative estimate of drug-likeness (QED) is 0.808. The zero-order valence-corrected chi connectivity index (χ0v) is 13.0. The van der Waals surface area contributed by atoms with Crippen LogP contribution in [0.3, 0.4) is 0 Å². The fraction of sp³-hybridized carbons (Fsp3) is 0.765. The van der Waals surface area contributed by atoms with Crippen LogP contribution in [0.1, 0.15) is 58.3 Å². The van der Waals surface area contributed by atoms with Crippen LogP contribution in [0, 0.1) is 5.92 Å². The second-order valence-electron chi connectivity index (χ2n) is 6.93. The van der Waals surface area contributed by atoms with Gasteiger partial charge in [-0.2, -0.15) is 0 Å². The van der Waals surface area contributed by atoms with E-state index in [2.05, 4.69) is 11.4 Å².